The van der Waals surface area contributed by atoms with Gasteiger partial charge in [-0.3, -0.25) is 9.48 Å². The molecule has 5 aromatic rings. The summed E-state index contributed by atoms with van der Waals surface area (Å²) in [5.74, 6) is -5.52. The van der Waals surface area contributed by atoms with Crippen LogP contribution in [0.5, 0.6) is 0 Å². The smallest absolute Gasteiger partial charge is 0.382 e. The van der Waals surface area contributed by atoms with Gasteiger partial charge in [0.25, 0.3) is 5.92 Å². The van der Waals surface area contributed by atoms with E-state index in [1.54, 1.807) is 31.3 Å². The van der Waals surface area contributed by atoms with Crippen molar-refractivity contribution >= 4 is 22.6 Å². The number of aliphatic hydroxyl groups is 1. The van der Waals surface area contributed by atoms with Crippen molar-refractivity contribution in [2.24, 2.45) is 18.7 Å². The monoisotopic (exact) mass is 737 g/mol. The maximum Gasteiger partial charge on any atom is 0.435 e. The van der Waals surface area contributed by atoms with E-state index in [-0.39, 0.29) is 34.8 Å². The molecule has 3 heterocycles. The summed E-state index contributed by atoms with van der Waals surface area (Å²) >= 11 is 0. The van der Waals surface area contributed by atoms with Crippen molar-refractivity contribution in [3.05, 3.63) is 94.1 Å². The van der Waals surface area contributed by atoms with Crippen LogP contribution in [0.4, 0.5) is 36.6 Å². The first-order chi connectivity index (χ1) is 25.0. The summed E-state index contributed by atoms with van der Waals surface area (Å²) in [5, 5.41) is 19.1. The minimum Gasteiger partial charge on any atom is -0.382 e. The maximum absolute atomic E-state index is 16.0. The Balaban J connectivity index is 1.42. The number of carbonyl (C=O) groups excluding carboxylic acids is 1. The quantitative estimate of drug-likeness (QED) is 0.134. The molecular weight excluding hydrogens is 707 g/mol. The highest BCUT2D eigenvalue weighted by molar-refractivity contribution is 6.00. The number of carbonyl (C=O) groups is 1. The molecule has 16 heteroatoms. The normalized spacial score (nSPS) is 20.5. The lowest BCUT2D eigenvalue weighted by Crippen LogP contribution is -2.37. The number of benzene rings is 2. The van der Waals surface area contributed by atoms with Crippen LogP contribution in [0.2, 0.25) is 0 Å². The molecular formula is C37H30F7N7O2. The van der Waals surface area contributed by atoms with Crippen molar-refractivity contribution < 1.29 is 40.6 Å². The Hall–Kier alpha value is -5.43. The highest BCUT2D eigenvalue weighted by Gasteiger charge is 2.69. The average Bonchev–Trinajstić information content (AvgIpc) is 3.61. The number of nitrogens with two attached hydrogens (primary N) is 2. The minimum absolute atomic E-state index is 0.0488. The average molecular weight is 738 g/mol. The van der Waals surface area contributed by atoms with Crippen LogP contribution in [0.25, 0.3) is 22.0 Å². The number of rotatable bonds is 7. The summed E-state index contributed by atoms with van der Waals surface area (Å²) < 4.78 is 107. The van der Waals surface area contributed by atoms with Gasteiger partial charge in [0, 0.05) is 47.0 Å². The number of hydrogen-bond donors (Lipinski definition) is 3. The summed E-state index contributed by atoms with van der Waals surface area (Å²) in [5.41, 5.74) is 8.54. The maximum atomic E-state index is 16.0. The van der Waals surface area contributed by atoms with Crippen LogP contribution in [0.1, 0.15) is 77.5 Å². The second-order valence-corrected chi connectivity index (χ2v) is 14.0. The molecule has 274 valence electrons. The minimum atomic E-state index is -5.16. The third-order valence-corrected chi connectivity index (χ3v) is 10.5. The zero-order valence-corrected chi connectivity index (χ0v) is 27.9. The molecule has 0 aliphatic heterocycles. The topological polar surface area (TPSA) is 138 Å². The van der Waals surface area contributed by atoms with Crippen LogP contribution >= 0.6 is 0 Å². The summed E-state index contributed by atoms with van der Waals surface area (Å²) in [6, 6.07) is 8.51. The molecule has 9 nitrogen and oxygen atoms in total. The van der Waals surface area contributed by atoms with Gasteiger partial charge in [-0.05, 0) is 79.8 Å². The molecule has 3 aliphatic rings. The predicted molar refractivity (Wildman–Crippen MR) is 177 cm³/mol. The summed E-state index contributed by atoms with van der Waals surface area (Å²) in [7, 11) is 1.62. The van der Waals surface area contributed by atoms with Gasteiger partial charge < -0.3 is 16.6 Å². The summed E-state index contributed by atoms with van der Waals surface area (Å²) in [4.78, 5) is 18.4. The van der Waals surface area contributed by atoms with Crippen molar-refractivity contribution in [2.45, 2.75) is 67.7 Å². The Morgan fingerprint density at radius 1 is 1.08 bits per heavy atom. The van der Waals surface area contributed by atoms with Crippen molar-refractivity contribution in [2.75, 3.05) is 5.73 Å². The zero-order chi connectivity index (χ0) is 37.8. The number of amides is 1. The van der Waals surface area contributed by atoms with Crippen LogP contribution in [-0.2, 0) is 30.4 Å². The van der Waals surface area contributed by atoms with E-state index in [0.29, 0.717) is 40.1 Å². The van der Waals surface area contributed by atoms with Gasteiger partial charge in [0.1, 0.15) is 34.7 Å². The molecule has 5 N–H and O–H groups in total. The number of hydrogen-bond acceptors (Lipinski definition) is 6. The lowest BCUT2D eigenvalue weighted by Gasteiger charge is -2.31. The fourth-order valence-corrected chi connectivity index (χ4v) is 7.92. The van der Waals surface area contributed by atoms with Gasteiger partial charge in [-0.2, -0.15) is 32.1 Å². The molecule has 1 amide bonds. The molecule has 2 saturated carbocycles. The first-order valence-electron chi connectivity index (χ1n) is 16.8. The van der Waals surface area contributed by atoms with Crippen LogP contribution in [0, 0.1) is 29.4 Å². The number of para-hydroxylation sites is 1. The van der Waals surface area contributed by atoms with Crippen molar-refractivity contribution in [3.8, 4) is 23.0 Å². The van der Waals surface area contributed by atoms with Crippen LogP contribution in [0.15, 0.2) is 48.5 Å². The molecule has 1 unspecified atom stereocenters. The van der Waals surface area contributed by atoms with Gasteiger partial charge in [0.15, 0.2) is 11.5 Å². The Morgan fingerprint density at radius 2 is 1.79 bits per heavy atom. The molecule has 53 heavy (non-hydrogen) atoms. The number of pyridine rings is 1. The molecule has 0 bridgehead atoms. The molecule has 2 fully saturated rings. The Labute approximate surface area is 296 Å². The van der Waals surface area contributed by atoms with Gasteiger partial charge in [0.05, 0.1) is 11.2 Å². The number of aryl methyl sites for hydroxylation is 1. The zero-order valence-electron chi connectivity index (χ0n) is 27.9. The van der Waals surface area contributed by atoms with Crippen molar-refractivity contribution in [1.82, 2.24) is 24.5 Å². The molecule has 0 spiro atoms. The van der Waals surface area contributed by atoms with Gasteiger partial charge in [0.2, 0.25) is 5.91 Å². The van der Waals surface area contributed by atoms with E-state index in [9.17, 15) is 31.9 Å². The van der Waals surface area contributed by atoms with Crippen LogP contribution in [0.3, 0.4) is 0 Å². The number of anilines is 1. The van der Waals surface area contributed by atoms with Gasteiger partial charge in [-0.1, -0.05) is 18.1 Å². The van der Waals surface area contributed by atoms with E-state index in [2.05, 4.69) is 22.0 Å². The molecule has 2 aromatic carbocycles. The fourth-order valence-electron chi connectivity index (χ4n) is 7.92. The number of fused-ring (bicyclic) bond motifs is 4. The number of halogens is 7. The third kappa shape index (κ3) is 5.68. The van der Waals surface area contributed by atoms with Crippen molar-refractivity contribution in [1.29, 1.82) is 0 Å². The number of aromatic nitrogens is 5. The highest BCUT2D eigenvalue weighted by Crippen LogP contribution is 2.69. The van der Waals surface area contributed by atoms with Gasteiger partial charge in [-0.15, -0.1) is 0 Å². The Morgan fingerprint density at radius 3 is 2.43 bits per heavy atom. The number of nitrogen functional groups attached to an aromatic ring is 1. The lowest BCUT2D eigenvalue weighted by molar-refractivity contribution is -0.142. The SMILES string of the molecule is Cn1nc(N)c2cccc(-c3ccc(C#CC4(O)CCC4)nc3[C@@H](Cc3cc(F)cc(F)c3)C(C(N)=O)n3nc(C(F)(F)F)c4c3C(F)(F)[C@@H]3C[C@H]43)c21. The summed E-state index contributed by atoms with van der Waals surface area (Å²) in [6.07, 6.45) is -4.32. The largest absolute Gasteiger partial charge is 0.435 e. The highest BCUT2D eigenvalue weighted by atomic mass is 19.4. The third-order valence-electron chi connectivity index (χ3n) is 10.5. The fraction of sp³-hybridized carbons (Fsp3) is 0.351. The Kier molecular flexibility index (Phi) is 7.71. The van der Waals surface area contributed by atoms with E-state index in [1.807, 2.05) is 0 Å². The molecule has 3 aromatic heterocycles. The van der Waals surface area contributed by atoms with Crippen LogP contribution < -0.4 is 11.5 Å². The standard InChI is InChI=1S/C37H30F7N7O2/c1-50-29-22(4-2-5-23(29)33(45)49-50)21-7-6-20(8-11-35(53)9-3-10-35)47-28(21)25(14-17-12-18(38)15-19(39)13-17)30(34(46)52)51-32-27(31(48-51)37(42,43)44)24-16-26(24)36(32,40)41/h2,4-7,12-13,15,24-26,30,53H,3,9-10,14,16H2,1H3,(H2,45,49)(H2,46,52)/t24-,25+,26+,30?/m0/s1. The second kappa shape index (κ2) is 11.8. The second-order valence-electron chi connectivity index (χ2n) is 14.0. The number of alkyl halides is 5. The predicted octanol–water partition coefficient (Wildman–Crippen LogP) is 6.24. The van der Waals surface area contributed by atoms with E-state index >= 15 is 8.78 Å². The molecule has 4 atom stereocenters. The van der Waals surface area contributed by atoms with E-state index < -0.39 is 82.4 Å². The van der Waals surface area contributed by atoms with Gasteiger partial charge in [-0.25, -0.2) is 18.4 Å². The summed E-state index contributed by atoms with van der Waals surface area (Å²) in [6.45, 7) is 0. The lowest BCUT2D eigenvalue weighted by atomic mass is 9.81. The van der Waals surface area contributed by atoms with E-state index in [0.717, 1.165) is 18.6 Å². The van der Waals surface area contributed by atoms with Gasteiger partial charge >= 0.3 is 6.18 Å². The van der Waals surface area contributed by atoms with Crippen LogP contribution in [-0.4, -0.2) is 41.2 Å². The number of nitrogens with zero attached hydrogens (tertiary/aromatic N) is 5. The molecule has 0 saturated heterocycles. The van der Waals surface area contributed by atoms with E-state index in [4.69, 9.17) is 16.5 Å². The first kappa shape index (κ1) is 34.6. The van der Waals surface area contributed by atoms with Crippen molar-refractivity contribution in [3.63, 3.8) is 0 Å². The Bertz CT molecular complexity index is 2380. The molecule has 0 radical (unpaired) electrons. The first-order valence-corrected chi connectivity index (χ1v) is 16.8. The number of primary amides is 1. The molecule has 8 rings (SSSR count). The molecule has 3 aliphatic carbocycles. The van der Waals surface area contributed by atoms with E-state index in [1.165, 1.54) is 10.7 Å².